The van der Waals surface area contributed by atoms with Gasteiger partial charge in [-0.15, -0.1) is 0 Å². The van der Waals surface area contributed by atoms with E-state index in [2.05, 4.69) is 0 Å². The number of aliphatic carboxylic acids is 2. The van der Waals surface area contributed by atoms with E-state index in [0.717, 1.165) is 12.1 Å². The monoisotopic (exact) mass is 269 g/mol. The lowest BCUT2D eigenvalue weighted by Gasteiger charge is -2.08. The van der Waals surface area contributed by atoms with E-state index in [4.69, 9.17) is 10.2 Å². The highest BCUT2D eigenvalue weighted by molar-refractivity contribution is 5.74. The van der Waals surface area contributed by atoms with Crippen molar-refractivity contribution in [3.8, 4) is 0 Å². The van der Waals surface area contributed by atoms with Gasteiger partial charge in [0.1, 0.15) is 0 Å². The van der Waals surface area contributed by atoms with Crippen LogP contribution in [-0.2, 0) is 16.0 Å². The number of carboxylic acid groups (broad SMARTS) is 2. The number of non-ortho nitro benzene ring substituents is 1. The summed E-state index contributed by atoms with van der Waals surface area (Å²) >= 11 is 0. The third-order valence-corrected chi connectivity index (χ3v) is 2.39. The maximum Gasteiger partial charge on any atom is 0.337 e. The Labute approximate surface area is 107 Å². The molecule has 0 aliphatic carbocycles. The predicted molar refractivity (Wildman–Crippen MR) is 61.6 cm³/mol. The van der Waals surface area contributed by atoms with E-state index in [0.29, 0.717) is 0 Å². The van der Waals surface area contributed by atoms with Gasteiger partial charge in [0.25, 0.3) is 5.69 Å². The molecular weight excluding hydrogens is 258 g/mol. The number of benzene rings is 1. The Kier molecular flexibility index (Phi) is 4.54. The molecule has 0 spiro atoms. The Bertz CT molecular complexity index is 526. The van der Waals surface area contributed by atoms with Crippen LogP contribution in [0.2, 0.25) is 0 Å². The van der Waals surface area contributed by atoms with Crippen molar-refractivity contribution in [2.24, 2.45) is 0 Å². The largest absolute Gasteiger partial charge is 0.481 e. The summed E-state index contributed by atoms with van der Waals surface area (Å²) in [6, 6.07) is 3.35. The smallest absolute Gasteiger partial charge is 0.337 e. The summed E-state index contributed by atoms with van der Waals surface area (Å²) in [5, 5.41) is 37.3. The second-order valence-electron chi connectivity index (χ2n) is 3.82. The lowest BCUT2D eigenvalue weighted by molar-refractivity contribution is -0.385. The standard InChI is InChI=1S/C11H11NO7/c13-9(14)2-1-6-3-7(10(15)11(16)17)5-8(4-6)12(18)19/h3-5,10,15H,1-2H2,(H,13,14)(H,16,17). The van der Waals surface area contributed by atoms with Gasteiger partial charge in [0.05, 0.1) is 4.92 Å². The molecule has 8 heteroatoms. The fraction of sp³-hybridized carbons (Fsp3) is 0.273. The number of aryl methyl sites for hydroxylation is 1. The highest BCUT2D eigenvalue weighted by Crippen LogP contribution is 2.23. The summed E-state index contributed by atoms with van der Waals surface area (Å²) in [6.45, 7) is 0. The number of nitro groups is 1. The van der Waals surface area contributed by atoms with Crippen LogP contribution in [0.15, 0.2) is 18.2 Å². The normalized spacial score (nSPS) is 11.8. The Hall–Kier alpha value is -2.48. The summed E-state index contributed by atoms with van der Waals surface area (Å²) in [7, 11) is 0. The molecule has 1 aromatic rings. The Morgan fingerprint density at radius 3 is 2.37 bits per heavy atom. The van der Waals surface area contributed by atoms with Gasteiger partial charge in [-0.25, -0.2) is 4.79 Å². The van der Waals surface area contributed by atoms with Gasteiger partial charge in [-0.2, -0.15) is 0 Å². The van der Waals surface area contributed by atoms with Crippen LogP contribution in [0.1, 0.15) is 23.7 Å². The van der Waals surface area contributed by atoms with Crippen LogP contribution in [0.5, 0.6) is 0 Å². The molecule has 19 heavy (non-hydrogen) atoms. The highest BCUT2D eigenvalue weighted by Gasteiger charge is 2.20. The van der Waals surface area contributed by atoms with Gasteiger partial charge in [-0.3, -0.25) is 14.9 Å². The van der Waals surface area contributed by atoms with E-state index in [1.807, 2.05) is 0 Å². The molecule has 1 aromatic carbocycles. The van der Waals surface area contributed by atoms with Gasteiger partial charge in [0.2, 0.25) is 0 Å². The molecule has 0 amide bonds. The number of carbonyl (C=O) groups is 2. The van der Waals surface area contributed by atoms with E-state index < -0.39 is 28.7 Å². The average molecular weight is 269 g/mol. The van der Waals surface area contributed by atoms with E-state index in [9.17, 15) is 24.8 Å². The molecule has 1 unspecified atom stereocenters. The van der Waals surface area contributed by atoms with E-state index in [1.54, 1.807) is 0 Å². The molecule has 0 radical (unpaired) electrons. The van der Waals surface area contributed by atoms with Gasteiger partial charge in [0, 0.05) is 18.6 Å². The number of aliphatic hydroxyl groups excluding tert-OH is 1. The third-order valence-electron chi connectivity index (χ3n) is 2.39. The zero-order valence-electron chi connectivity index (χ0n) is 9.65. The molecule has 1 atom stereocenters. The van der Waals surface area contributed by atoms with Crippen molar-refractivity contribution in [3.05, 3.63) is 39.4 Å². The maximum atomic E-state index is 10.7. The van der Waals surface area contributed by atoms with Crippen LogP contribution in [0.3, 0.4) is 0 Å². The summed E-state index contributed by atoms with van der Waals surface area (Å²) in [6.07, 6.45) is -2.12. The van der Waals surface area contributed by atoms with Gasteiger partial charge in [0.15, 0.2) is 6.10 Å². The number of hydrogen-bond acceptors (Lipinski definition) is 5. The van der Waals surface area contributed by atoms with Crippen molar-refractivity contribution in [1.82, 2.24) is 0 Å². The van der Waals surface area contributed by atoms with Gasteiger partial charge in [-0.05, 0) is 17.5 Å². The summed E-state index contributed by atoms with van der Waals surface area (Å²) < 4.78 is 0. The van der Waals surface area contributed by atoms with Gasteiger partial charge >= 0.3 is 11.9 Å². The number of nitrogens with zero attached hydrogens (tertiary/aromatic N) is 1. The lowest BCUT2D eigenvalue weighted by Crippen LogP contribution is -2.11. The average Bonchev–Trinajstić information content (AvgIpc) is 2.34. The minimum absolute atomic E-state index is 0.0103. The minimum atomic E-state index is -1.89. The quantitative estimate of drug-likeness (QED) is 0.511. The van der Waals surface area contributed by atoms with Crippen LogP contribution in [-0.4, -0.2) is 32.2 Å². The maximum absolute atomic E-state index is 10.7. The molecule has 0 bridgehead atoms. The fourth-order valence-electron chi connectivity index (χ4n) is 1.50. The molecule has 0 aliphatic rings. The molecule has 8 nitrogen and oxygen atoms in total. The van der Waals surface area contributed by atoms with Crippen molar-refractivity contribution in [2.75, 3.05) is 0 Å². The second-order valence-corrected chi connectivity index (χ2v) is 3.82. The topological polar surface area (TPSA) is 138 Å². The SMILES string of the molecule is O=C(O)CCc1cc(C(O)C(=O)O)cc([N+](=O)[O-])c1. The van der Waals surface area contributed by atoms with Crippen molar-refractivity contribution in [2.45, 2.75) is 18.9 Å². The lowest BCUT2D eigenvalue weighted by atomic mass is 10.0. The van der Waals surface area contributed by atoms with E-state index >= 15 is 0 Å². The van der Waals surface area contributed by atoms with Crippen molar-refractivity contribution in [3.63, 3.8) is 0 Å². The molecular formula is C11H11NO7. The van der Waals surface area contributed by atoms with Crippen LogP contribution < -0.4 is 0 Å². The number of hydrogen-bond donors (Lipinski definition) is 3. The first kappa shape index (κ1) is 14.6. The third kappa shape index (κ3) is 4.03. The van der Waals surface area contributed by atoms with Crippen LogP contribution in [0, 0.1) is 10.1 Å². The van der Waals surface area contributed by atoms with Crippen molar-refractivity contribution in [1.29, 1.82) is 0 Å². The van der Waals surface area contributed by atoms with Crippen molar-refractivity contribution >= 4 is 17.6 Å². The molecule has 3 N–H and O–H groups in total. The van der Waals surface area contributed by atoms with Crippen LogP contribution in [0.4, 0.5) is 5.69 Å². The second kappa shape index (κ2) is 5.91. The number of aliphatic hydroxyl groups is 1. The Morgan fingerprint density at radius 1 is 1.26 bits per heavy atom. The van der Waals surface area contributed by atoms with Gasteiger partial charge in [-0.1, -0.05) is 6.07 Å². The van der Waals surface area contributed by atoms with Crippen LogP contribution in [0.25, 0.3) is 0 Å². The summed E-state index contributed by atoms with van der Waals surface area (Å²) in [5.74, 6) is -2.61. The van der Waals surface area contributed by atoms with Crippen molar-refractivity contribution < 1.29 is 29.8 Å². The fourth-order valence-corrected chi connectivity index (χ4v) is 1.50. The first-order valence-corrected chi connectivity index (χ1v) is 5.22. The first-order valence-electron chi connectivity index (χ1n) is 5.22. The summed E-state index contributed by atoms with van der Waals surface area (Å²) in [4.78, 5) is 31.0. The molecule has 0 heterocycles. The molecule has 0 aliphatic heterocycles. The Morgan fingerprint density at radius 2 is 1.89 bits per heavy atom. The molecule has 0 saturated carbocycles. The van der Waals surface area contributed by atoms with E-state index in [1.165, 1.54) is 6.07 Å². The number of rotatable bonds is 6. The predicted octanol–water partition coefficient (Wildman–Crippen LogP) is 0.730. The number of carboxylic acids is 2. The molecule has 102 valence electrons. The molecule has 0 fully saturated rings. The van der Waals surface area contributed by atoms with E-state index in [-0.39, 0.29) is 24.0 Å². The number of nitro benzene ring substituents is 1. The molecule has 1 rings (SSSR count). The highest BCUT2D eigenvalue weighted by atomic mass is 16.6. The first-order chi connectivity index (χ1) is 8.81. The summed E-state index contributed by atoms with van der Waals surface area (Å²) in [5.41, 5.74) is -0.257. The van der Waals surface area contributed by atoms with Crippen LogP contribution >= 0.6 is 0 Å². The van der Waals surface area contributed by atoms with Gasteiger partial charge < -0.3 is 15.3 Å². The molecule has 0 saturated heterocycles. The minimum Gasteiger partial charge on any atom is -0.481 e. The zero-order valence-corrected chi connectivity index (χ0v) is 9.65. The zero-order chi connectivity index (χ0) is 14.6. The Balaban J connectivity index is 3.13. The molecule has 0 aromatic heterocycles.